The molecule has 23 heavy (non-hydrogen) atoms. The summed E-state index contributed by atoms with van der Waals surface area (Å²) in [6.07, 6.45) is 0.911. The Morgan fingerprint density at radius 3 is 1.74 bits per heavy atom. The quantitative estimate of drug-likeness (QED) is 0.717. The molecule has 1 atom stereocenters. The molecule has 2 heteroatoms. The lowest BCUT2D eigenvalue weighted by molar-refractivity contribution is 0.741. The van der Waals surface area contributed by atoms with E-state index in [1.54, 1.807) is 0 Å². The Hall–Kier alpha value is -1.95. The molecule has 0 bridgehead atoms. The summed E-state index contributed by atoms with van der Waals surface area (Å²) in [5.74, 6) is 0. The van der Waals surface area contributed by atoms with Crippen LogP contribution in [0.15, 0.2) is 84.9 Å². The second-order valence-corrected chi connectivity index (χ2v) is 8.00. The second kappa shape index (κ2) is 7.55. The molecule has 3 rings (SSSR count). The van der Waals surface area contributed by atoms with Crippen molar-refractivity contribution in [1.29, 1.82) is 0 Å². The number of nitrogens with two attached hydrogens (primary N) is 1. The molecule has 1 nitrogen and oxygen atoms in total. The predicted molar refractivity (Wildman–Crippen MR) is 103 cm³/mol. The first-order valence-corrected chi connectivity index (χ1v) is 9.33. The predicted octanol–water partition coefficient (Wildman–Crippen LogP) is 3.33. The van der Waals surface area contributed by atoms with Crippen molar-refractivity contribution in [2.24, 2.45) is 5.73 Å². The third-order valence-electron chi connectivity index (χ3n) is 3.80. The van der Waals surface area contributed by atoms with Gasteiger partial charge in [-0.25, -0.2) is 0 Å². The van der Waals surface area contributed by atoms with Crippen molar-refractivity contribution in [3.05, 3.63) is 90.5 Å². The number of rotatable bonds is 5. The van der Waals surface area contributed by atoms with Crippen LogP contribution < -0.4 is 21.6 Å². The molecular formula is C21H22NP. The molecule has 0 amide bonds. The van der Waals surface area contributed by atoms with Crippen LogP contribution in [0, 0.1) is 0 Å². The Morgan fingerprint density at radius 1 is 0.739 bits per heavy atom. The summed E-state index contributed by atoms with van der Waals surface area (Å²) >= 11 is 0. The summed E-state index contributed by atoms with van der Waals surface area (Å²) in [6, 6.07) is 30.5. The summed E-state index contributed by atoms with van der Waals surface area (Å²) in [5.41, 5.74) is 7.44. The lowest BCUT2D eigenvalue weighted by Gasteiger charge is -2.23. The van der Waals surface area contributed by atoms with E-state index in [1.165, 1.54) is 21.5 Å². The Balaban J connectivity index is 2.14. The molecule has 116 valence electrons. The van der Waals surface area contributed by atoms with Crippen molar-refractivity contribution >= 4 is 23.8 Å². The van der Waals surface area contributed by atoms with E-state index >= 15 is 0 Å². The van der Waals surface area contributed by atoms with Gasteiger partial charge in [-0.3, -0.25) is 0 Å². The molecule has 0 radical (unpaired) electrons. The van der Waals surface area contributed by atoms with Gasteiger partial charge >= 0.3 is 0 Å². The van der Waals surface area contributed by atoms with Crippen molar-refractivity contribution < 1.29 is 0 Å². The van der Waals surface area contributed by atoms with Gasteiger partial charge in [0.1, 0.15) is 0 Å². The standard InChI is InChI=1S/C21H22NP/c1-17(22)16-18-10-8-9-15-21(18)23(19-11-4-2-5-12-19)20-13-6-3-7-14-20/h2-15,17H,16,22H2,1H3. The second-order valence-electron chi connectivity index (χ2n) is 5.82. The molecule has 0 saturated heterocycles. The van der Waals surface area contributed by atoms with Crippen LogP contribution in [0.2, 0.25) is 0 Å². The average Bonchev–Trinajstić information content (AvgIpc) is 2.58. The van der Waals surface area contributed by atoms with Crippen LogP contribution in [0.4, 0.5) is 0 Å². The van der Waals surface area contributed by atoms with Crippen LogP contribution in [0.1, 0.15) is 12.5 Å². The highest BCUT2D eigenvalue weighted by molar-refractivity contribution is 7.79. The zero-order valence-corrected chi connectivity index (χ0v) is 14.3. The topological polar surface area (TPSA) is 26.0 Å². The van der Waals surface area contributed by atoms with E-state index in [9.17, 15) is 0 Å². The zero-order chi connectivity index (χ0) is 16.1. The van der Waals surface area contributed by atoms with E-state index in [1.807, 2.05) is 0 Å². The van der Waals surface area contributed by atoms with E-state index in [2.05, 4.69) is 91.9 Å². The Bertz CT molecular complexity index is 699. The van der Waals surface area contributed by atoms with Crippen molar-refractivity contribution in [2.75, 3.05) is 0 Å². The van der Waals surface area contributed by atoms with Crippen LogP contribution in [-0.2, 0) is 6.42 Å². The highest BCUT2D eigenvalue weighted by Gasteiger charge is 2.19. The minimum Gasteiger partial charge on any atom is -0.328 e. The third kappa shape index (κ3) is 3.88. The first-order chi connectivity index (χ1) is 11.3. The monoisotopic (exact) mass is 319 g/mol. The lowest BCUT2D eigenvalue weighted by atomic mass is 10.1. The van der Waals surface area contributed by atoms with E-state index < -0.39 is 7.92 Å². The van der Waals surface area contributed by atoms with E-state index in [0.717, 1.165) is 6.42 Å². The van der Waals surface area contributed by atoms with Gasteiger partial charge in [0.25, 0.3) is 0 Å². The zero-order valence-electron chi connectivity index (χ0n) is 13.4. The van der Waals surface area contributed by atoms with Gasteiger partial charge < -0.3 is 5.73 Å². The number of hydrogen-bond acceptors (Lipinski definition) is 1. The summed E-state index contributed by atoms with van der Waals surface area (Å²) in [6.45, 7) is 2.07. The van der Waals surface area contributed by atoms with Gasteiger partial charge in [0.15, 0.2) is 0 Å². The van der Waals surface area contributed by atoms with Gasteiger partial charge in [-0.2, -0.15) is 0 Å². The Morgan fingerprint density at radius 2 is 1.22 bits per heavy atom. The molecule has 0 spiro atoms. The largest absolute Gasteiger partial charge is 0.328 e. The van der Waals surface area contributed by atoms with Gasteiger partial charge in [0.2, 0.25) is 0 Å². The highest BCUT2D eigenvalue weighted by Crippen LogP contribution is 2.34. The highest BCUT2D eigenvalue weighted by atomic mass is 31.1. The minimum absolute atomic E-state index is 0.166. The van der Waals surface area contributed by atoms with Crippen molar-refractivity contribution in [3.8, 4) is 0 Å². The molecule has 0 heterocycles. The summed E-state index contributed by atoms with van der Waals surface area (Å²) < 4.78 is 0. The Kier molecular flexibility index (Phi) is 5.23. The smallest absolute Gasteiger partial charge is 0.00511 e. The van der Waals surface area contributed by atoms with Crippen LogP contribution in [0.3, 0.4) is 0 Å². The maximum atomic E-state index is 6.08. The fraction of sp³-hybridized carbons (Fsp3) is 0.143. The van der Waals surface area contributed by atoms with Gasteiger partial charge in [-0.1, -0.05) is 84.9 Å². The first kappa shape index (κ1) is 15.9. The molecule has 0 aliphatic carbocycles. The summed E-state index contributed by atoms with van der Waals surface area (Å²) in [5, 5.41) is 4.17. The SMILES string of the molecule is CC(N)Cc1ccccc1P(c1ccccc1)c1ccccc1. The fourth-order valence-corrected chi connectivity index (χ4v) is 5.31. The number of hydrogen-bond donors (Lipinski definition) is 1. The maximum Gasteiger partial charge on any atom is 0.00511 e. The molecule has 1 unspecified atom stereocenters. The normalized spacial score (nSPS) is 12.3. The van der Waals surface area contributed by atoms with Crippen molar-refractivity contribution in [1.82, 2.24) is 0 Å². The molecule has 3 aromatic carbocycles. The average molecular weight is 319 g/mol. The van der Waals surface area contributed by atoms with Crippen molar-refractivity contribution in [3.63, 3.8) is 0 Å². The molecule has 0 aromatic heterocycles. The maximum absolute atomic E-state index is 6.08. The molecule has 0 aliphatic heterocycles. The minimum atomic E-state index is -0.553. The van der Waals surface area contributed by atoms with Gasteiger partial charge in [-0.05, 0) is 42.7 Å². The molecule has 2 N–H and O–H groups in total. The molecule has 0 aliphatic rings. The van der Waals surface area contributed by atoms with Crippen LogP contribution in [0.5, 0.6) is 0 Å². The fourth-order valence-electron chi connectivity index (χ4n) is 2.83. The third-order valence-corrected chi connectivity index (χ3v) is 6.35. The number of benzene rings is 3. The van der Waals surface area contributed by atoms with Gasteiger partial charge in [0, 0.05) is 6.04 Å². The first-order valence-electron chi connectivity index (χ1n) is 7.99. The van der Waals surface area contributed by atoms with E-state index in [-0.39, 0.29) is 6.04 Å². The summed E-state index contributed by atoms with van der Waals surface area (Å²) in [4.78, 5) is 0. The molecule has 0 saturated carbocycles. The van der Waals surface area contributed by atoms with E-state index in [4.69, 9.17) is 5.73 Å². The summed E-state index contributed by atoms with van der Waals surface area (Å²) in [7, 11) is -0.553. The van der Waals surface area contributed by atoms with Crippen LogP contribution >= 0.6 is 7.92 Å². The van der Waals surface area contributed by atoms with Crippen molar-refractivity contribution in [2.45, 2.75) is 19.4 Å². The van der Waals surface area contributed by atoms with Gasteiger partial charge in [-0.15, -0.1) is 0 Å². The molecule has 0 fully saturated rings. The molecule has 3 aromatic rings. The lowest BCUT2D eigenvalue weighted by Crippen LogP contribution is -2.27. The molecular weight excluding hydrogens is 297 g/mol. The Labute approximate surface area is 139 Å². The van der Waals surface area contributed by atoms with Gasteiger partial charge in [0.05, 0.1) is 0 Å². The van der Waals surface area contributed by atoms with Crippen LogP contribution in [0.25, 0.3) is 0 Å². The van der Waals surface area contributed by atoms with E-state index in [0.29, 0.717) is 0 Å². The van der Waals surface area contributed by atoms with Crippen LogP contribution in [-0.4, -0.2) is 6.04 Å².